The summed E-state index contributed by atoms with van der Waals surface area (Å²) in [6.07, 6.45) is 1.41. The summed E-state index contributed by atoms with van der Waals surface area (Å²) in [7, 11) is 1.30. The summed E-state index contributed by atoms with van der Waals surface area (Å²) in [5.74, 6) is 0.00456. The monoisotopic (exact) mass is 234 g/mol. The van der Waals surface area contributed by atoms with E-state index in [1.165, 1.54) is 17.8 Å². The number of carbonyl (C=O) groups excluding carboxylic acids is 1. The van der Waals surface area contributed by atoms with E-state index in [0.29, 0.717) is 5.65 Å². The zero-order chi connectivity index (χ0) is 12.6. The number of anilines is 1. The van der Waals surface area contributed by atoms with E-state index in [0.717, 1.165) is 5.69 Å². The Morgan fingerprint density at radius 3 is 2.82 bits per heavy atom. The Hall–Kier alpha value is -2.11. The highest BCUT2D eigenvalue weighted by molar-refractivity contribution is 5.94. The van der Waals surface area contributed by atoms with E-state index in [1.807, 2.05) is 19.9 Å². The molecule has 0 amide bonds. The van der Waals surface area contributed by atoms with Gasteiger partial charge in [0.25, 0.3) is 0 Å². The van der Waals surface area contributed by atoms with Crippen molar-refractivity contribution in [2.75, 3.05) is 12.8 Å². The molecule has 2 heterocycles. The van der Waals surface area contributed by atoms with Gasteiger partial charge in [0.1, 0.15) is 11.4 Å². The number of nitrogens with zero attached hydrogens (tertiary/aromatic N) is 3. The van der Waals surface area contributed by atoms with Crippen LogP contribution in [0.1, 0.15) is 35.8 Å². The van der Waals surface area contributed by atoms with Gasteiger partial charge >= 0.3 is 5.97 Å². The third-order valence-electron chi connectivity index (χ3n) is 2.54. The predicted octanol–water partition coefficient (Wildman–Crippen LogP) is 1.22. The molecule has 0 unspecified atom stereocenters. The van der Waals surface area contributed by atoms with Crippen LogP contribution < -0.4 is 5.73 Å². The van der Waals surface area contributed by atoms with E-state index >= 15 is 0 Å². The Kier molecular flexibility index (Phi) is 2.71. The molecule has 0 atom stereocenters. The molecule has 0 aliphatic rings. The summed E-state index contributed by atoms with van der Waals surface area (Å²) >= 11 is 0. The first kappa shape index (κ1) is 11.4. The molecule has 0 aromatic carbocycles. The van der Waals surface area contributed by atoms with E-state index in [1.54, 1.807) is 0 Å². The van der Waals surface area contributed by atoms with Gasteiger partial charge in [-0.05, 0) is 5.92 Å². The number of carbonyl (C=O) groups is 1. The molecule has 17 heavy (non-hydrogen) atoms. The topological polar surface area (TPSA) is 82.5 Å². The second kappa shape index (κ2) is 4.04. The van der Waals surface area contributed by atoms with E-state index in [2.05, 4.69) is 14.8 Å². The standard InChI is InChI=1S/C11H14N4O2/c1-6(2)8-4-9-13-5-7(11(16)17-3)10(12)15(9)14-8/h4-6H,12H2,1-3H3. The van der Waals surface area contributed by atoms with Crippen LogP contribution in [0.4, 0.5) is 5.82 Å². The first-order valence-corrected chi connectivity index (χ1v) is 5.27. The number of aromatic nitrogens is 3. The minimum absolute atomic E-state index is 0.221. The van der Waals surface area contributed by atoms with Gasteiger partial charge in [0.15, 0.2) is 5.65 Å². The Balaban J connectivity index is 2.62. The summed E-state index contributed by atoms with van der Waals surface area (Å²) in [5.41, 5.74) is 7.59. The lowest BCUT2D eigenvalue weighted by molar-refractivity contribution is 0.0601. The third-order valence-corrected chi connectivity index (χ3v) is 2.54. The van der Waals surface area contributed by atoms with Crippen molar-refractivity contribution in [2.45, 2.75) is 19.8 Å². The zero-order valence-electron chi connectivity index (χ0n) is 9.97. The van der Waals surface area contributed by atoms with Crippen LogP contribution >= 0.6 is 0 Å². The highest BCUT2D eigenvalue weighted by atomic mass is 16.5. The number of hydrogen-bond donors (Lipinski definition) is 1. The molecule has 90 valence electrons. The SMILES string of the molecule is COC(=O)c1cnc2cc(C(C)C)nn2c1N. The van der Waals surface area contributed by atoms with E-state index in [4.69, 9.17) is 5.73 Å². The van der Waals surface area contributed by atoms with E-state index < -0.39 is 5.97 Å². The molecule has 0 saturated carbocycles. The predicted molar refractivity (Wildman–Crippen MR) is 62.8 cm³/mol. The summed E-state index contributed by atoms with van der Waals surface area (Å²) in [5, 5.41) is 4.31. The summed E-state index contributed by atoms with van der Waals surface area (Å²) in [4.78, 5) is 15.6. The number of nitrogens with two attached hydrogens (primary N) is 1. The van der Waals surface area contributed by atoms with Crippen molar-refractivity contribution in [3.63, 3.8) is 0 Å². The fourth-order valence-corrected chi connectivity index (χ4v) is 1.52. The smallest absolute Gasteiger partial charge is 0.343 e. The molecule has 0 saturated heterocycles. The summed E-state index contributed by atoms with van der Waals surface area (Å²) in [6, 6.07) is 1.85. The van der Waals surface area contributed by atoms with Crippen LogP contribution in [0, 0.1) is 0 Å². The van der Waals surface area contributed by atoms with Crippen LogP contribution in [0.2, 0.25) is 0 Å². The largest absolute Gasteiger partial charge is 0.465 e. The molecular weight excluding hydrogens is 220 g/mol. The molecule has 2 N–H and O–H groups in total. The lowest BCUT2D eigenvalue weighted by Crippen LogP contribution is -2.11. The van der Waals surface area contributed by atoms with Crippen LogP contribution in [-0.4, -0.2) is 27.7 Å². The Morgan fingerprint density at radius 1 is 1.53 bits per heavy atom. The fourth-order valence-electron chi connectivity index (χ4n) is 1.52. The molecule has 0 radical (unpaired) electrons. The average Bonchev–Trinajstić information content (AvgIpc) is 2.73. The first-order valence-electron chi connectivity index (χ1n) is 5.27. The van der Waals surface area contributed by atoms with Gasteiger partial charge in [-0.2, -0.15) is 9.61 Å². The van der Waals surface area contributed by atoms with E-state index in [9.17, 15) is 4.79 Å². The fraction of sp³-hybridized carbons (Fsp3) is 0.364. The van der Waals surface area contributed by atoms with Crippen molar-refractivity contribution in [3.8, 4) is 0 Å². The van der Waals surface area contributed by atoms with Crippen molar-refractivity contribution >= 4 is 17.4 Å². The maximum atomic E-state index is 11.4. The highest BCUT2D eigenvalue weighted by Crippen LogP contribution is 2.18. The molecule has 0 aliphatic heterocycles. The summed E-state index contributed by atoms with van der Waals surface area (Å²) < 4.78 is 6.08. The van der Waals surface area contributed by atoms with Crippen molar-refractivity contribution in [1.29, 1.82) is 0 Å². The van der Waals surface area contributed by atoms with Crippen LogP contribution in [0.25, 0.3) is 5.65 Å². The van der Waals surface area contributed by atoms with Crippen molar-refractivity contribution in [3.05, 3.63) is 23.5 Å². The molecule has 0 aliphatic carbocycles. The molecule has 2 aromatic rings. The minimum Gasteiger partial charge on any atom is -0.465 e. The lowest BCUT2D eigenvalue weighted by atomic mass is 10.1. The molecule has 0 fully saturated rings. The van der Waals surface area contributed by atoms with Gasteiger partial charge in [0.2, 0.25) is 0 Å². The number of ether oxygens (including phenoxy) is 1. The number of methoxy groups -OCH3 is 1. The van der Waals surface area contributed by atoms with Gasteiger partial charge in [-0.1, -0.05) is 13.8 Å². The van der Waals surface area contributed by atoms with Gasteiger partial charge < -0.3 is 10.5 Å². The van der Waals surface area contributed by atoms with Crippen molar-refractivity contribution < 1.29 is 9.53 Å². The Bertz CT molecular complexity index is 574. The lowest BCUT2D eigenvalue weighted by Gasteiger charge is -2.04. The van der Waals surface area contributed by atoms with Gasteiger partial charge in [-0.3, -0.25) is 0 Å². The Morgan fingerprint density at radius 2 is 2.24 bits per heavy atom. The maximum Gasteiger partial charge on any atom is 0.343 e. The second-order valence-electron chi connectivity index (χ2n) is 4.04. The summed E-state index contributed by atoms with van der Waals surface area (Å²) in [6.45, 7) is 4.05. The molecule has 6 nitrogen and oxygen atoms in total. The van der Waals surface area contributed by atoms with Crippen LogP contribution in [0.5, 0.6) is 0 Å². The van der Waals surface area contributed by atoms with Crippen LogP contribution in [0.3, 0.4) is 0 Å². The zero-order valence-corrected chi connectivity index (χ0v) is 9.97. The number of hydrogen-bond acceptors (Lipinski definition) is 5. The number of fused-ring (bicyclic) bond motifs is 1. The van der Waals surface area contributed by atoms with Crippen molar-refractivity contribution in [1.82, 2.24) is 14.6 Å². The normalized spacial score (nSPS) is 11.1. The number of esters is 1. The average molecular weight is 234 g/mol. The van der Waals surface area contributed by atoms with Gasteiger partial charge in [0, 0.05) is 12.3 Å². The maximum absolute atomic E-state index is 11.4. The molecule has 2 rings (SSSR count). The molecule has 2 aromatic heterocycles. The van der Waals surface area contributed by atoms with Crippen LogP contribution in [0.15, 0.2) is 12.3 Å². The molecule has 0 spiro atoms. The number of nitrogen functional groups attached to an aromatic ring is 1. The number of rotatable bonds is 2. The second-order valence-corrected chi connectivity index (χ2v) is 4.04. The molecule has 6 heteroatoms. The van der Waals surface area contributed by atoms with E-state index in [-0.39, 0.29) is 17.3 Å². The molecular formula is C11H14N4O2. The first-order chi connectivity index (χ1) is 8.04. The molecule has 0 bridgehead atoms. The van der Waals surface area contributed by atoms with Gasteiger partial charge in [-0.25, -0.2) is 9.78 Å². The van der Waals surface area contributed by atoms with Gasteiger partial charge in [-0.15, -0.1) is 0 Å². The van der Waals surface area contributed by atoms with Gasteiger partial charge in [0.05, 0.1) is 12.8 Å². The third kappa shape index (κ3) is 1.82. The highest BCUT2D eigenvalue weighted by Gasteiger charge is 2.16. The quantitative estimate of drug-likeness (QED) is 0.790. The minimum atomic E-state index is -0.515. The van der Waals surface area contributed by atoms with Crippen LogP contribution in [-0.2, 0) is 4.74 Å². The Labute approximate surface area is 98.4 Å². The van der Waals surface area contributed by atoms with Crippen molar-refractivity contribution in [2.24, 2.45) is 0 Å².